The molecule has 1 aliphatic rings. The summed E-state index contributed by atoms with van der Waals surface area (Å²) in [6.07, 6.45) is 5.02. The van der Waals surface area contributed by atoms with Crippen molar-refractivity contribution in [1.82, 2.24) is 29.5 Å². The number of hydrogen-bond acceptors (Lipinski definition) is 6. The van der Waals surface area contributed by atoms with Crippen LogP contribution in [0, 0.1) is 0 Å². The maximum atomic E-state index is 6.27. The molecule has 9 heteroatoms. The molecule has 4 heterocycles. The Hall–Kier alpha value is -2.97. The van der Waals surface area contributed by atoms with E-state index in [0.717, 1.165) is 28.2 Å². The van der Waals surface area contributed by atoms with Crippen LogP contribution < -0.4 is 0 Å². The van der Waals surface area contributed by atoms with Crippen molar-refractivity contribution in [2.24, 2.45) is 7.05 Å². The fourth-order valence-corrected chi connectivity index (χ4v) is 3.73. The first kappa shape index (κ1) is 17.2. The molecule has 4 aromatic rings. The second-order valence-electron chi connectivity index (χ2n) is 6.68. The van der Waals surface area contributed by atoms with Crippen molar-refractivity contribution in [3.63, 3.8) is 0 Å². The lowest BCUT2D eigenvalue weighted by molar-refractivity contribution is 0.192. The fraction of sp³-hybridized carbons (Fsp3) is 0.263. The molecular formula is C19H17ClN6O2. The van der Waals surface area contributed by atoms with Crippen LogP contribution in [0.1, 0.15) is 17.1 Å². The van der Waals surface area contributed by atoms with E-state index in [9.17, 15) is 0 Å². The largest absolute Gasteiger partial charge is 0.384 e. The Kier molecular flexibility index (Phi) is 4.03. The number of imidazole rings is 1. The van der Waals surface area contributed by atoms with Crippen molar-refractivity contribution in [3.8, 4) is 28.5 Å². The molecule has 0 N–H and O–H groups in total. The zero-order valence-electron chi connectivity index (χ0n) is 15.4. The molecule has 8 nitrogen and oxygen atoms in total. The first-order valence-electron chi connectivity index (χ1n) is 8.85. The van der Waals surface area contributed by atoms with Gasteiger partial charge in [-0.1, -0.05) is 16.8 Å². The van der Waals surface area contributed by atoms with Crippen LogP contribution in [-0.2, 0) is 24.6 Å². The number of rotatable bonds is 4. The van der Waals surface area contributed by atoms with Crippen molar-refractivity contribution >= 4 is 11.6 Å². The van der Waals surface area contributed by atoms with Gasteiger partial charge in [0.15, 0.2) is 0 Å². The lowest BCUT2D eigenvalue weighted by Crippen LogP contribution is -2.01. The molecule has 28 heavy (non-hydrogen) atoms. The Bertz CT molecular complexity index is 1180. The Balaban J connectivity index is 1.67. The highest BCUT2D eigenvalue weighted by atomic mass is 35.5. The standard InChI is InChI=1S/C19H17ClN6O2/c1-25-9-11-7-15-18(19-22-16(28-24-19)5-6-27-2)21-10-26(15)14-4-3-12(20)8-13(14)17(11)23-25/h3-4,8-10H,5-7H2,1-2H3. The maximum absolute atomic E-state index is 6.27. The van der Waals surface area contributed by atoms with Gasteiger partial charge in [0.05, 0.1) is 30.1 Å². The summed E-state index contributed by atoms with van der Waals surface area (Å²) < 4.78 is 14.3. The quantitative estimate of drug-likeness (QED) is 0.464. The van der Waals surface area contributed by atoms with Crippen molar-refractivity contribution < 1.29 is 9.26 Å². The second kappa shape index (κ2) is 6.57. The molecule has 0 fully saturated rings. The van der Waals surface area contributed by atoms with Crippen LogP contribution in [0.3, 0.4) is 0 Å². The number of methoxy groups -OCH3 is 1. The number of aromatic nitrogens is 6. The van der Waals surface area contributed by atoms with Crippen molar-refractivity contribution in [1.29, 1.82) is 0 Å². The molecule has 0 saturated heterocycles. The van der Waals surface area contributed by atoms with Gasteiger partial charge in [0.1, 0.15) is 12.0 Å². The molecule has 0 bridgehead atoms. The number of aryl methyl sites for hydroxylation is 1. The van der Waals surface area contributed by atoms with E-state index in [1.165, 1.54) is 0 Å². The summed E-state index contributed by atoms with van der Waals surface area (Å²) in [5, 5.41) is 9.45. The number of nitrogens with zero attached hydrogens (tertiary/aromatic N) is 6. The normalized spacial score (nSPS) is 12.4. The van der Waals surface area contributed by atoms with E-state index in [-0.39, 0.29) is 0 Å². The Labute approximate surface area is 165 Å². The van der Waals surface area contributed by atoms with Gasteiger partial charge >= 0.3 is 0 Å². The molecule has 0 atom stereocenters. The van der Waals surface area contributed by atoms with Crippen molar-refractivity contribution in [3.05, 3.63) is 52.9 Å². The third-order valence-electron chi connectivity index (χ3n) is 4.80. The molecular weight excluding hydrogens is 380 g/mol. The van der Waals surface area contributed by atoms with Crippen LogP contribution in [0.15, 0.2) is 35.2 Å². The molecule has 0 spiro atoms. The zero-order chi connectivity index (χ0) is 19.3. The highest BCUT2D eigenvalue weighted by Crippen LogP contribution is 2.38. The van der Waals surface area contributed by atoms with Gasteiger partial charge in [-0.3, -0.25) is 4.68 Å². The summed E-state index contributed by atoms with van der Waals surface area (Å²) in [4.78, 5) is 9.08. The summed E-state index contributed by atoms with van der Waals surface area (Å²) in [5.41, 5.74) is 5.64. The highest BCUT2D eigenvalue weighted by molar-refractivity contribution is 6.31. The monoisotopic (exact) mass is 396 g/mol. The summed E-state index contributed by atoms with van der Waals surface area (Å²) in [6.45, 7) is 0.524. The maximum Gasteiger partial charge on any atom is 0.229 e. The molecule has 5 rings (SSSR count). The fourth-order valence-electron chi connectivity index (χ4n) is 3.56. The Morgan fingerprint density at radius 1 is 1.29 bits per heavy atom. The molecule has 0 aliphatic carbocycles. The van der Waals surface area contributed by atoms with Crippen LogP contribution in [0.2, 0.25) is 5.02 Å². The van der Waals surface area contributed by atoms with Crippen LogP contribution in [0.4, 0.5) is 0 Å². The minimum absolute atomic E-state index is 0.475. The van der Waals surface area contributed by atoms with Gasteiger partial charge in [-0.05, 0) is 18.2 Å². The summed E-state index contributed by atoms with van der Waals surface area (Å²) in [6, 6.07) is 5.79. The van der Waals surface area contributed by atoms with Crippen LogP contribution in [0.25, 0.3) is 28.5 Å². The van der Waals surface area contributed by atoms with Gasteiger partial charge in [-0.15, -0.1) is 0 Å². The molecule has 0 amide bonds. The van der Waals surface area contributed by atoms with Crippen molar-refractivity contribution in [2.75, 3.05) is 13.7 Å². The van der Waals surface area contributed by atoms with Crippen LogP contribution >= 0.6 is 11.6 Å². The van der Waals surface area contributed by atoms with Gasteiger partial charge in [-0.2, -0.15) is 10.1 Å². The molecule has 3 aromatic heterocycles. The Morgan fingerprint density at radius 2 is 2.18 bits per heavy atom. The molecule has 0 radical (unpaired) electrons. The Morgan fingerprint density at radius 3 is 3.04 bits per heavy atom. The molecule has 142 valence electrons. The lowest BCUT2D eigenvalue weighted by atomic mass is 10.0. The zero-order valence-corrected chi connectivity index (χ0v) is 16.1. The minimum Gasteiger partial charge on any atom is -0.384 e. The number of benzene rings is 1. The van der Waals surface area contributed by atoms with Gasteiger partial charge in [0.25, 0.3) is 0 Å². The van der Waals surface area contributed by atoms with E-state index in [1.54, 1.807) is 13.4 Å². The average molecular weight is 397 g/mol. The van der Waals surface area contributed by atoms with E-state index in [2.05, 4.69) is 20.2 Å². The number of halogens is 1. The third kappa shape index (κ3) is 2.73. The second-order valence-corrected chi connectivity index (χ2v) is 7.12. The summed E-state index contributed by atoms with van der Waals surface area (Å²) in [5.74, 6) is 1.00. The van der Waals surface area contributed by atoms with E-state index in [4.69, 9.17) is 20.9 Å². The first-order valence-corrected chi connectivity index (χ1v) is 9.22. The lowest BCUT2D eigenvalue weighted by Gasteiger charge is -2.09. The van der Waals surface area contributed by atoms with Gasteiger partial charge in [0.2, 0.25) is 11.7 Å². The number of fused-ring (bicyclic) bond motifs is 5. The van der Waals surface area contributed by atoms with Crippen molar-refractivity contribution in [2.45, 2.75) is 12.8 Å². The van der Waals surface area contributed by atoms with Gasteiger partial charge in [-0.25, -0.2) is 4.98 Å². The predicted octanol–water partition coefficient (Wildman–Crippen LogP) is 3.07. The first-order chi connectivity index (χ1) is 13.6. The van der Waals surface area contributed by atoms with E-state index in [1.807, 2.05) is 40.7 Å². The third-order valence-corrected chi connectivity index (χ3v) is 5.04. The van der Waals surface area contributed by atoms with Crippen LogP contribution in [0.5, 0.6) is 0 Å². The topological polar surface area (TPSA) is 83.8 Å². The van der Waals surface area contributed by atoms with Gasteiger partial charge < -0.3 is 13.8 Å². The molecule has 0 unspecified atom stereocenters. The predicted molar refractivity (Wildman–Crippen MR) is 102 cm³/mol. The van der Waals surface area contributed by atoms with E-state index in [0.29, 0.717) is 41.9 Å². The number of hydrogen-bond donors (Lipinski definition) is 0. The molecule has 1 aliphatic heterocycles. The summed E-state index contributed by atoms with van der Waals surface area (Å²) >= 11 is 6.27. The van der Waals surface area contributed by atoms with Crippen LogP contribution in [-0.4, -0.2) is 43.2 Å². The summed E-state index contributed by atoms with van der Waals surface area (Å²) in [7, 11) is 3.56. The van der Waals surface area contributed by atoms with E-state index < -0.39 is 0 Å². The average Bonchev–Trinajstić information content (AvgIpc) is 3.37. The SMILES string of the molecule is COCCc1nc(-c2ncn3c2Cc2cn(C)nc2-c2cc(Cl)ccc2-3)no1. The van der Waals surface area contributed by atoms with Gasteiger partial charge in [0, 0.05) is 42.9 Å². The minimum atomic E-state index is 0.475. The number of ether oxygens (including phenoxy) is 1. The molecule has 0 saturated carbocycles. The smallest absolute Gasteiger partial charge is 0.229 e. The highest BCUT2D eigenvalue weighted by Gasteiger charge is 2.27. The van der Waals surface area contributed by atoms with E-state index >= 15 is 0 Å². The molecule has 1 aromatic carbocycles.